The number of anilines is 12. The van der Waals surface area contributed by atoms with Crippen LogP contribution in [0.1, 0.15) is 74.0 Å². The normalized spacial score (nSPS) is 20.8. The lowest BCUT2D eigenvalue weighted by Gasteiger charge is -2.26. The second-order valence-corrected chi connectivity index (χ2v) is 14.5. The van der Waals surface area contributed by atoms with Gasteiger partial charge in [-0.1, -0.05) is 181 Å². The number of hydrogen-bond donors (Lipinski definition) is 0. The van der Waals surface area contributed by atoms with Crippen molar-refractivity contribution >= 4 is 68.2 Å². The van der Waals surface area contributed by atoms with Crippen LogP contribution in [0.15, 0.2) is 326 Å². The average Bonchev–Trinajstić information content (AvgIpc) is 0.737. The SMILES string of the molecule is [2H]c1c([2H])c([2H])c(N(c2c([2H])c([2H])c([2H])c([2H])c2[2H])c2c([2H])c([2H])c(-c3c([2H])c([2H])c(N(c4c([2H])c([2H])c([2H])c([2H])c4[2H])c4c([2H])c([2H])c(-c5c([2H])c([2H])c(N(c6c([2H])c([2H])c([2H])c([2H])c6[2H])c6c([2H])c([2H])c(-c7c([2H])c([2H])c(N(c8c([2H])c([2H])c([2H])c([2H])c8[2H])c8c([2H])c([2H])c([2H])c([2H])c8[2H])c([2H])c7[2H])c([2H])c6[2H])c([2H])c5[2H])c([2H])c4[2H])c([2H])c3[2H])c([2H])c2[2H])c([2H])c1[2H]. The molecule has 76 heavy (non-hydrogen) atoms. The standard InChI is InChI=1S/C72H54N4/c1-7-19-61(20-8-1)73(62-21-9-2-10-22-62)67-43-31-55(32-44-67)57-35-47-69(48-36-57)75(65-27-15-5-16-28-65)71-51-39-59(40-52-71)60-41-53-72(54-42-60)76(66-29-17-6-18-30-66)70-49-37-58(38-50-70)56-33-45-68(46-34-56)74(63-23-11-3-12-24-63)64-25-13-4-14-26-64/h1-54H/i1D,2D,3D,4D,5D,6D,7D,8D,9D,10D,11D,12D,13D,14D,15D,16D,17D,18D,19D,20D,21D,22D,23D,24D,25D,26D,27D,28D,29D,30D,31D,32D,33D,34D,35D,36D,37D,38D,39D,40D,41D,42D,43D,44D,45D,46D,47D,48D,49D,50D,51D,52D,53D,54D. The molecule has 0 unspecified atom stereocenters. The van der Waals surface area contributed by atoms with Gasteiger partial charge in [-0.2, -0.15) is 0 Å². The molecule has 0 aliphatic carbocycles. The predicted molar refractivity (Wildman–Crippen MR) is 321 cm³/mol. The van der Waals surface area contributed by atoms with Crippen LogP contribution in [0, 0.1) is 0 Å². The van der Waals surface area contributed by atoms with Gasteiger partial charge < -0.3 is 19.6 Å². The number of para-hydroxylation sites is 6. The van der Waals surface area contributed by atoms with Crippen LogP contribution in [0.25, 0.3) is 33.4 Å². The molecule has 12 aromatic rings. The Morgan fingerprint density at radius 2 is 0.237 bits per heavy atom. The first-order valence-electron chi connectivity index (χ1n) is 48.4. The molecule has 0 fully saturated rings. The summed E-state index contributed by atoms with van der Waals surface area (Å²) in [6.07, 6.45) is 0. The molecule has 12 rings (SSSR count). The molecule has 0 atom stereocenters. The Bertz CT molecular complexity index is 6220. The molecule has 4 heteroatoms. The van der Waals surface area contributed by atoms with Crippen LogP contribution in [0.5, 0.6) is 0 Å². The highest BCUT2D eigenvalue weighted by molar-refractivity contribution is 5.84. The van der Waals surface area contributed by atoms with Crippen LogP contribution in [0.2, 0.25) is 0 Å². The summed E-state index contributed by atoms with van der Waals surface area (Å²) in [7, 11) is 0. The second kappa shape index (κ2) is 21.9. The van der Waals surface area contributed by atoms with Crippen LogP contribution in [-0.2, 0) is 0 Å². The molecule has 0 saturated carbocycles. The summed E-state index contributed by atoms with van der Waals surface area (Å²) in [5, 5.41) is 0. The minimum absolute atomic E-state index is 0.115. The molecule has 0 amide bonds. The summed E-state index contributed by atoms with van der Waals surface area (Å²) in [5.41, 5.74) is -22.5. The molecule has 0 aromatic heterocycles. The lowest BCUT2D eigenvalue weighted by atomic mass is 10.0. The Hall–Kier alpha value is -10.2. The average molecular weight is 1030 g/mol. The van der Waals surface area contributed by atoms with E-state index in [-0.39, 0.29) is 19.6 Å². The van der Waals surface area contributed by atoms with E-state index in [4.69, 9.17) is 35.6 Å². The molecule has 362 valence electrons. The minimum atomic E-state index is -1.55. The van der Waals surface area contributed by atoms with Gasteiger partial charge in [-0.25, -0.2) is 0 Å². The fraction of sp³-hybridized carbons (Fsp3) is 0. The van der Waals surface area contributed by atoms with Crippen molar-refractivity contribution in [2.75, 3.05) is 19.6 Å². The maximum Gasteiger partial charge on any atom is 0.0645 e. The van der Waals surface area contributed by atoms with Crippen LogP contribution >= 0.6 is 0 Å². The number of benzene rings is 12. The Balaban J connectivity index is 1.09. The Labute approximate surface area is 522 Å². The number of nitrogens with zero attached hydrogens (tertiary/aromatic N) is 4. The van der Waals surface area contributed by atoms with Gasteiger partial charge in [0.2, 0.25) is 0 Å². The van der Waals surface area contributed by atoms with Gasteiger partial charge in [0.1, 0.15) is 0 Å². The monoisotopic (exact) mass is 1030 g/mol. The van der Waals surface area contributed by atoms with E-state index >= 15 is 0 Å². The first kappa shape index (κ1) is 16.2. The van der Waals surface area contributed by atoms with Gasteiger partial charge in [-0.05, 0) is 178 Å². The van der Waals surface area contributed by atoms with Crippen molar-refractivity contribution in [2.45, 2.75) is 0 Å². The van der Waals surface area contributed by atoms with Crippen LogP contribution < -0.4 is 19.6 Å². The van der Waals surface area contributed by atoms with Crippen molar-refractivity contribution in [1.82, 2.24) is 0 Å². The highest BCUT2D eigenvalue weighted by atomic mass is 15.2. The highest BCUT2D eigenvalue weighted by Gasteiger charge is 2.18. The lowest BCUT2D eigenvalue weighted by molar-refractivity contribution is 1.28. The van der Waals surface area contributed by atoms with Gasteiger partial charge in [0, 0.05) is 68.2 Å². The summed E-state index contributed by atoms with van der Waals surface area (Å²) < 4.78 is 491. The maximum absolute atomic E-state index is 9.74. The van der Waals surface area contributed by atoms with Gasteiger partial charge in [0.15, 0.2) is 0 Å². The minimum Gasteiger partial charge on any atom is -0.311 e. The molecule has 0 aliphatic heterocycles. The fourth-order valence-corrected chi connectivity index (χ4v) is 6.73. The quantitative estimate of drug-likeness (QED) is 0.101. The van der Waals surface area contributed by atoms with Crippen molar-refractivity contribution in [3.8, 4) is 33.4 Å². The third-order valence-electron chi connectivity index (χ3n) is 10.0. The van der Waals surface area contributed by atoms with Gasteiger partial charge in [-0.15, -0.1) is 0 Å². The van der Waals surface area contributed by atoms with E-state index < -0.39 is 428 Å². The largest absolute Gasteiger partial charge is 0.311 e. The summed E-state index contributed by atoms with van der Waals surface area (Å²) in [5.74, 6) is 0. The van der Waals surface area contributed by atoms with Crippen LogP contribution in [0.3, 0.4) is 0 Å². The van der Waals surface area contributed by atoms with Gasteiger partial charge in [0.05, 0.1) is 74.0 Å². The molecule has 0 saturated heterocycles. The van der Waals surface area contributed by atoms with E-state index in [0.29, 0.717) is 0 Å². The fourth-order valence-electron chi connectivity index (χ4n) is 6.73. The molecule has 0 spiro atoms. The zero-order valence-corrected chi connectivity index (χ0v) is 37.8. The smallest absolute Gasteiger partial charge is 0.0645 e. The summed E-state index contributed by atoms with van der Waals surface area (Å²) >= 11 is 0. The topological polar surface area (TPSA) is 13.0 Å². The van der Waals surface area contributed by atoms with Crippen molar-refractivity contribution in [3.63, 3.8) is 0 Å². The Morgan fingerprint density at radius 3 is 0.355 bits per heavy atom. The third-order valence-corrected chi connectivity index (χ3v) is 10.0. The Morgan fingerprint density at radius 1 is 0.132 bits per heavy atom. The van der Waals surface area contributed by atoms with Gasteiger partial charge >= 0.3 is 0 Å². The number of rotatable bonds is 15. The molecule has 12 aromatic carbocycles. The van der Waals surface area contributed by atoms with Crippen molar-refractivity contribution in [3.05, 3.63) is 326 Å². The maximum atomic E-state index is 9.74. The van der Waals surface area contributed by atoms with Crippen molar-refractivity contribution < 1.29 is 74.0 Å². The summed E-state index contributed by atoms with van der Waals surface area (Å²) in [4.78, 5) is 0.750. The molecule has 0 radical (unpaired) electrons. The molecular weight excluding hydrogens is 921 g/mol. The van der Waals surface area contributed by atoms with Crippen molar-refractivity contribution in [2.24, 2.45) is 0 Å². The van der Waals surface area contributed by atoms with E-state index in [1.807, 2.05) is 0 Å². The first-order chi connectivity index (χ1) is 60.2. The number of hydrogen-bond acceptors (Lipinski definition) is 4. The van der Waals surface area contributed by atoms with E-state index in [2.05, 4.69) is 0 Å². The summed E-state index contributed by atoms with van der Waals surface area (Å²) in [6.45, 7) is 0. The van der Waals surface area contributed by atoms with Crippen molar-refractivity contribution in [1.29, 1.82) is 0 Å². The summed E-state index contributed by atoms with van der Waals surface area (Å²) in [6, 6.07) is -71.0. The molecule has 0 bridgehead atoms. The first-order valence-corrected chi connectivity index (χ1v) is 21.4. The van der Waals surface area contributed by atoms with E-state index in [0.717, 1.165) is 0 Å². The lowest BCUT2D eigenvalue weighted by Crippen LogP contribution is -2.10. The predicted octanol–water partition coefficient (Wildman–Crippen LogP) is 20.6. The van der Waals surface area contributed by atoms with E-state index in [1.54, 1.807) is 0 Å². The van der Waals surface area contributed by atoms with Crippen LogP contribution in [-0.4, -0.2) is 0 Å². The Kier molecular flexibility index (Phi) is 4.66. The van der Waals surface area contributed by atoms with Gasteiger partial charge in [0.25, 0.3) is 0 Å². The molecule has 4 nitrogen and oxygen atoms in total. The van der Waals surface area contributed by atoms with Gasteiger partial charge in [-0.3, -0.25) is 0 Å². The molecule has 0 heterocycles. The molecular formula is C72H54N4. The third kappa shape index (κ3) is 10.1. The molecule has 0 aliphatic rings. The van der Waals surface area contributed by atoms with Crippen LogP contribution in [0.4, 0.5) is 68.2 Å². The van der Waals surface area contributed by atoms with E-state index in [1.165, 1.54) is 0 Å². The van der Waals surface area contributed by atoms with E-state index in [9.17, 15) is 38.4 Å². The highest BCUT2D eigenvalue weighted by Crippen LogP contribution is 2.41. The molecule has 0 N–H and O–H groups in total. The second-order valence-electron chi connectivity index (χ2n) is 14.5. The zero-order chi connectivity index (χ0) is 97.9. The zero-order valence-electron chi connectivity index (χ0n) is 91.8.